The molecule has 0 unspecified atom stereocenters. The number of anilines is 1. The van der Waals surface area contributed by atoms with E-state index in [1.807, 2.05) is 48.0 Å². The van der Waals surface area contributed by atoms with Crippen LogP contribution < -0.4 is 5.32 Å². The van der Waals surface area contributed by atoms with Gasteiger partial charge in [0.05, 0.1) is 11.0 Å². The van der Waals surface area contributed by atoms with Crippen molar-refractivity contribution in [2.45, 2.75) is 26.2 Å². The van der Waals surface area contributed by atoms with Crippen LogP contribution in [0, 0.1) is 0 Å². The summed E-state index contributed by atoms with van der Waals surface area (Å²) in [6.07, 6.45) is 0. The molecule has 0 aliphatic carbocycles. The van der Waals surface area contributed by atoms with Crippen molar-refractivity contribution in [2.75, 3.05) is 5.32 Å². The molecule has 0 bridgehead atoms. The summed E-state index contributed by atoms with van der Waals surface area (Å²) in [5, 5.41) is 10.6. The average Bonchev–Trinajstić information content (AvgIpc) is 3.25. The van der Waals surface area contributed by atoms with E-state index in [0.717, 1.165) is 16.6 Å². The predicted octanol–water partition coefficient (Wildman–Crippen LogP) is 4.17. The highest BCUT2D eigenvalue weighted by atomic mass is 16.6. The lowest BCUT2D eigenvalue weighted by molar-refractivity contribution is 0.102. The Labute approximate surface area is 162 Å². The van der Waals surface area contributed by atoms with Gasteiger partial charge in [0.1, 0.15) is 0 Å². The molecule has 2 aromatic heterocycles. The van der Waals surface area contributed by atoms with Crippen molar-refractivity contribution < 1.29 is 9.42 Å². The molecule has 0 saturated heterocycles. The fraction of sp³-hybridized carbons (Fsp3) is 0.238. The van der Waals surface area contributed by atoms with Crippen LogP contribution in [0.2, 0.25) is 0 Å². The molecule has 0 saturated carbocycles. The number of benzene rings is 2. The Kier molecular flexibility index (Phi) is 4.22. The van der Waals surface area contributed by atoms with Gasteiger partial charge in [-0.2, -0.15) is 0 Å². The summed E-state index contributed by atoms with van der Waals surface area (Å²) in [5.41, 5.74) is 3.89. The zero-order valence-corrected chi connectivity index (χ0v) is 16.2. The maximum Gasteiger partial charge on any atom is 0.256 e. The van der Waals surface area contributed by atoms with E-state index in [0.29, 0.717) is 17.1 Å². The summed E-state index contributed by atoms with van der Waals surface area (Å²) in [6.45, 7) is 6.39. The third kappa shape index (κ3) is 3.15. The van der Waals surface area contributed by atoms with E-state index in [1.54, 1.807) is 12.1 Å². The number of amides is 1. The third-order valence-electron chi connectivity index (χ3n) is 4.73. The van der Waals surface area contributed by atoms with Crippen LogP contribution in [-0.2, 0) is 12.5 Å². The van der Waals surface area contributed by atoms with Crippen LogP contribution in [-0.4, -0.2) is 25.8 Å². The van der Waals surface area contributed by atoms with E-state index in [9.17, 15) is 4.79 Å². The number of carbonyl (C=O) groups is 1. The minimum absolute atomic E-state index is 0.0262. The van der Waals surface area contributed by atoms with E-state index < -0.39 is 0 Å². The van der Waals surface area contributed by atoms with Crippen molar-refractivity contribution >= 4 is 22.8 Å². The number of fused-ring (bicyclic) bond motifs is 1. The van der Waals surface area contributed by atoms with Crippen molar-refractivity contribution in [3.05, 3.63) is 59.7 Å². The molecule has 4 aromatic rings. The highest BCUT2D eigenvalue weighted by molar-refractivity contribution is 6.05. The molecule has 142 valence electrons. The Morgan fingerprint density at radius 3 is 2.43 bits per heavy atom. The first-order chi connectivity index (χ1) is 13.3. The summed E-state index contributed by atoms with van der Waals surface area (Å²) in [7, 11) is 1.89. The molecular weight excluding hydrogens is 354 g/mol. The number of imidazole rings is 1. The van der Waals surface area contributed by atoms with Gasteiger partial charge >= 0.3 is 0 Å². The summed E-state index contributed by atoms with van der Waals surface area (Å²) in [4.78, 5) is 17.2. The molecular formula is C21H21N5O2. The van der Waals surface area contributed by atoms with Crippen LogP contribution in [0.3, 0.4) is 0 Å². The highest BCUT2D eigenvalue weighted by Gasteiger charge is 2.21. The van der Waals surface area contributed by atoms with E-state index >= 15 is 0 Å². The van der Waals surface area contributed by atoms with Gasteiger partial charge in [-0.3, -0.25) is 4.79 Å². The third-order valence-corrected chi connectivity index (χ3v) is 4.73. The standard InChI is InChI=1S/C21H21N5O2/c1-21(2,3)14-11-9-13(10-12-14)20(27)23-18-17(24-28-25-18)19-22-15-7-5-6-8-16(15)26(19)4/h5-12H,1-4H3,(H,23,25,27). The molecule has 28 heavy (non-hydrogen) atoms. The van der Waals surface area contributed by atoms with Gasteiger partial charge in [-0.25, -0.2) is 9.61 Å². The molecule has 0 fully saturated rings. The van der Waals surface area contributed by atoms with Gasteiger partial charge in [0, 0.05) is 12.6 Å². The van der Waals surface area contributed by atoms with Crippen molar-refractivity contribution in [3.8, 4) is 11.5 Å². The fourth-order valence-electron chi connectivity index (χ4n) is 3.08. The Hall–Kier alpha value is -3.48. The minimum Gasteiger partial charge on any atom is -0.326 e. The Bertz CT molecular complexity index is 1150. The first-order valence-electron chi connectivity index (χ1n) is 9.01. The zero-order chi connectivity index (χ0) is 19.9. The van der Waals surface area contributed by atoms with Crippen LogP contribution in [0.5, 0.6) is 0 Å². The molecule has 0 aliphatic heterocycles. The van der Waals surface area contributed by atoms with Gasteiger partial charge in [0.25, 0.3) is 5.91 Å². The van der Waals surface area contributed by atoms with E-state index in [2.05, 4.69) is 41.4 Å². The second kappa shape index (κ2) is 6.60. The molecule has 1 N–H and O–H groups in total. The summed E-state index contributed by atoms with van der Waals surface area (Å²) in [5.74, 6) is 0.528. The first kappa shape index (κ1) is 17.9. The van der Waals surface area contributed by atoms with Crippen molar-refractivity contribution in [2.24, 2.45) is 7.05 Å². The molecule has 0 spiro atoms. The van der Waals surface area contributed by atoms with Gasteiger partial charge < -0.3 is 9.88 Å². The van der Waals surface area contributed by atoms with Crippen molar-refractivity contribution in [1.29, 1.82) is 0 Å². The lowest BCUT2D eigenvalue weighted by Gasteiger charge is -2.18. The second-order valence-electron chi connectivity index (χ2n) is 7.73. The van der Waals surface area contributed by atoms with Crippen molar-refractivity contribution in [3.63, 3.8) is 0 Å². The van der Waals surface area contributed by atoms with Gasteiger partial charge in [0.15, 0.2) is 11.5 Å². The van der Waals surface area contributed by atoms with Gasteiger partial charge in [-0.15, -0.1) is 0 Å². The lowest BCUT2D eigenvalue weighted by Crippen LogP contribution is -2.15. The molecule has 4 rings (SSSR count). The maximum absolute atomic E-state index is 12.7. The maximum atomic E-state index is 12.7. The fourth-order valence-corrected chi connectivity index (χ4v) is 3.08. The predicted molar refractivity (Wildman–Crippen MR) is 107 cm³/mol. The molecule has 2 heterocycles. The number of nitrogens with one attached hydrogen (secondary N) is 1. The van der Waals surface area contributed by atoms with Crippen LogP contribution in [0.15, 0.2) is 53.2 Å². The zero-order valence-electron chi connectivity index (χ0n) is 16.2. The van der Waals surface area contributed by atoms with Crippen molar-refractivity contribution in [1.82, 2.24) is 19.9 Å². The molecule has 7 heteroatoms. The summed E-state index contributed by atoms with van der Waals surface area (Å²) >= 11 is 0. The van der Waals surface area contributed by atoms with Crippen LogP contribution >= 0.6 is 0 Å². The van der Waals surface area contributed by atoms with Crippen LogP contribution in [0.1, 0.15) is 36.7 Å². The van der Waals surface area contributed by atoms with Gasteiger partial charge in [0.2, 0.25) is 5.82 Å². The largest absolute Gasteiger partial charge is 0.326 e. The smallest absolute Gasteiger partial charge is 0.256 e. The number of para-hydroxylation sites is 2. The Balaban J connectivity index is 1.62. The van der Waals surface area contributed by atoms with Gasteiger partial charge in [-0.1, -0.05) is 45.0 Å². The molecule has 2 aromatic carbocycles. The molecule has 0 atom stereocenters. The highest BCUT2D eigenvalue weighted by Crippen LogP contribution is 2.27. The molecule has 0 radical (unpaired) electrons. The average molecular weight is 375 g/mol. The normalized spacial score (nSPS) is 11.7. The van der Waals surface area contributed by atoms with E-state index in [-0.39, 0.29) is 17.1 Å². The summed E-state index contributed by atoms with van der Waals surface area (Å²) in [6, 6.07) is 15.3. The first-order valence-corrected chi connectivity index (χ1v) is 9.01. The minimum atomic E-state index is -0.281. The Morgan fingerprint density at radius 1 is 1.04 bits per heavy atom. The number of hydrogen-bond donors (Lipinski definition) is 1. The summed E-state index contributed by atoms with van der Waals surface area (Å²) < 4.78 is 6.78. The molecule has 0 aliphatic rings. The second-order valence-corrected chi connectivity index (χ2v) is 7.73. The molecule has 7 nitrogen and oxygen atoms in total. The lowest BCUT2D eigenvalue weighted by atomic mass is 9.87. The van der Waals surface area contributed by atoms with Crippen LogP contribution in [0.25, 0.3) is 22.6 Å². The number of aromatic nitrogens is 4. The Morgan fingerprint density at radius 2 is 1.75 bits per heavy atom. The number of hydrogen-bond acceptors (Lipinski definition) is 5. The number of rotatable bonds is 3. The number of aryl methyl sites for hydroxylation is 1. The topological polar surface area (TPSA) is 85.8 Å². The number of carbonyl (C=O) groups excluding carboxylic acids is 1. The van der Waals surface area contributed by atoms with Gasteiger partial charge in [-0.05, 0) is 45.6 Å². The SMILES string of the molecule is Cn1c(-c2nonc2NC(=O)c2ccc(C(C)(C)C)cc2)nc2ccccc21. The van der Waals surface area contributed by atoms with E-state index in [4.69, 9.17) is 4.63 Å². The monoisotopic (exact) mass is 375 g/mol. The molecule has 1 amide bonds. The quantitative estimate of drug-likeness (QED) is 0.581. The van der Waals surface area contributed by atoms with E-state index in [1.165, 1.54) is 0 Å². The number of nitrogens with zero attached hydrogens (tertiary/aromatic N) is 4. The van der Waals surface area contributed by atoms with Crippen LogP contribution in [0.4, 0.5) is 5.82 Å².